The van der Waals surface area contributed by atoms with E-state index in [9.17, 15) is 9.59 Å². The molecule has 29 heavy (non-hydrogen) atoms. The minimum Gasteiger partial charge on any atom is -0.462 e. The van der Waals surface area contributed by atoms with Crippen LogP contribution in [-0.4, -0.2) is 33.1 Å². The number of aryl methyl sites for hydroxylation is 4. The van der Waals surface area contributed by atoms with Crippen molar-refractivity contribution in [3.63, 3.8) is 0 Å². The molecule has 8 heteroatoms. The maximum atomic E-state index is 12.6. The van der Waals surface area contributed by atoms with Crippen LogP contribution in [0.2, 0.25) is 0 Å². The first-order valence-corrected chi connectivity index (χ1v) is 10.4. The molecule has 3 aromatic heterocycles. The third-order valence-corrected chi connectivity index (χ3v) is 6.13. The van der Waals surface area contributed by atoms with E-state index >= 15 is 0 Å². The van der Waals surface area contributed by atoms with Crippen molar-refractivity contribution < 1.29 is 14.3 Å². The molecule has 0 bridgehead atoms. The lowest BCUT2D eigenvalue weighted by molar-refractivity contribution is -0.116. The van der Waals surface area contributed by atoms with Gasteiger partial charge in [0.05, 0.1) is 17.9 Å². The van der Waals surface area contributed by atoms with E-state index in [-0.39, 0.29) is 12.3 Å². The Labute approximate surface area is 174 Å². The zero-order chi connectivity index (χ0) is 21.3. The van der Waals surface area contributed by atoms with Gasteiger partial charge in [-0.3, -0.25) is 4.79 Å². The maximum absolute atomic E-state index is 12.6. The Kier molecular flexibility index (Phi) is 6.02. The van der Waals surface area contributed by atoms with Crippen molar-refractivity contribution in [1.29, 1.82) is 0 Å². The van der Waals surface area contributed by atoms with Crippen molar-refractivity contribution in [1.82, 2.24) is 14.6 Å². The van der Waals surface area contributed by atoms with Crippen LogP contribution >= 0.6 is 11.3 Å². The third kappa shape index (κ3) is 4.17. The van der Waals surface area contributed by atoms with Crippen LogP contribution in [0, 0.1) is 34.6 Å². The lowest BCUT2D eigenvalue weighted by Gasteiger charge is -2.11. The van der Waals surface area contributed by atoms with Gasteiger partial charge in [0, 0.05) is 28.8 Å². The van der Waals surface area contributed by atoms with Crippen LogP contribution in [0.25, 0.3) is 5.65 Å². The molecule has 1 amide bonds. The van der Waals surface area contributed by atoms with Crippen molar-refractivity contribution in [2.24, 2.45) is 0 Å². The van der Waals surface area contributed by atoms with Crippen molar-refractivity contribution in [3.05, 3.63) is 44.7 Å². The monoisotopic (exact) mass is 414 g/mol. The number of carbonyl (C=O) groups excluding carboxylic acids is 2. The average Bonchev–Trinajstić information content (AvgIpc) is 3.14. The first kappa shape index (κ1) is 21.0. The fourth-order valence-corrected chi connectivity index (χ4v) is 4.46. The Morgan fingerprint density at radius 2 is 1.93 bits per heavy atom. The molecule has 154 valence electrons. The summed E-state index contributed by atoms with van der Waals surface area (Å²) >= 11 is 1.40. The Balaban J connectivity index is 1.77. The molecule has 0 saturated carbocycles. The number of carbonyl (C=O) groups is 2. The molecule has 0 aliphatic carbocycles. The van der Waals surface area contributed by atoms with E-state index < -0.39 is 5.97 Å². The summed E-state index contributed by atoms with van der Waals surface area (Å²) in [6.07, 6.45) is 0.830. The summed E-state index contributed by atoms with van der Waals surface area (Å²) < 4.78 is 6.97. The molecule has 0 aromatic carbocycles. The lowest BCUT2D eigenvalue weighted by atomic mass is 10.1. The van der Waals surface area contributed by atoms with Crippen LogP contribution in [0.3, 0.4) is 0 Å². The second kappa shape index (κ2) is 8.32. The Morgan fingerprint density at radius 3 is 2.62 bits per heavy atom. The third-order valence-electron chi connectivity index (χ3n) is 5.01. The molecule has 0 radical (unpaired) electrons. The summed E-state index contributed by atoms with van der Waals surface area (Å²) in [6, 6.07) is 1.94. The van der Waals surface area contributed by atoms with Gasteiger partial charge in [0.1, 0.15) is 5.00 Å². The molecule has 1 N–H and O–H groups in total. The molecule has 3 rings (SSSR count). The fraction of sp³-hybridized carbons (Fsp3) is 0.429. The van der Waals surface area contributed by atoms with Gasteiger partial charge >= 0.3 is 5.97 Å². The zero-order valence-electron chi connectivity index (χ0n) is 17.7. The smallest absolute Gasteiger partial charge is 0.341 e. The van der Waals surface area contributed by atoms with Crippen LogP contribution in [0.15, 0.2) is 6.07 Å². The molecular formula is C21H26N4O3S. The maximum Gasteiger partial charge on any atom is 0.341 e. The quantitative estimate of drug-likeness (QED) is 0.614. The van der Waals surface area contributed by atoms with Crippen LogP contribution in [0.1, 0.15) is 56.8 Å². The van der Waals surface area contributed by atoms with Crippen molar-refractivity contribution in [3.8, 4) is 0 Å². The number of fused-ring (bicyclic) bond motifs is 1. The van der Waals surface area contributed by atoms with E-state index in [0.717, 1.165) is 38.7 Å². The van der Waals surface area contributed by atoms with Crippen molar-refractivity contribution in [2.45, 2.75) is 54.4 Å². The number of amides is 1. The van der Waals surface area contributed by atoms with Gasteiger partial charge in [-0.2, -0.15) is 5.10 Å². The zero-order valence-corrected chi connectivity index (χ0v) is 18.5. The van der Waals surface area contributed by atoms with E-state index in [4.69, 9.17) is 4.74 Å². The fourth-order valence-electron chi connectivity index (χ4n) is 3.39. The molecule has 3 heterocycles. The first-order valence-electron chi connectivity index (χ1n) is 9.62. The number of nitrogens with one attached hydrogen (secondary N) is 1. The molecule has 0 aliphatic heterocycles. The van der Waals surface area contributed by atoms with E-state index in [2.05, 4.69) is 15.4 Å². The van der Waals surface area contributed by atoms with Crippen LogP contribution in [-0.2, 0) is 16.0 Å². The van der Waals surface area contributed by atoms with Gasteiger partial charge in [-0.05, 0) is 59.1 Å². The number of anilines is 1. The minimum atomic E-state index is -0.403. The number of hydrogen-bond acceptors (Lipinski definition) is 6. The highest BCUT2D eigenvalue weighted by atomic mass is 32.1. The first-order chi connectivity index (χ1) is 13.7. The predicted molar refractivity (Wildman–Crippen MR) is 114 cm³/mol. The Bertz CT molecular complexity index is 1100. The van der Waals surface area contributed by atoms with Crippen LogP contribution < -0.4 is 5.32 Å². The highest BCUT2D eigenvalue weighted by Crippen LogP contribution is 2.33. The van der Waals surface area contributed by atoms with E-state index in [0.29, 0.717) is 23.6 Å². The summed E-state index contributed by atoms with van der Waals surface area (Å²) in [5.74, 6) is -0.549. The normalized spacial score (nSPS) is 11.1. The standard InChI is InChI=1S/C21H26N4O3S/c1-7-28-21(27)19-12(3)15(6)29-20(19)23-18(26)9-8-16-13(4)22-17-10-11(2)24-25(17)14(16)5/h10H,7-9H2,1-6H3,(H,23,26). The van der Waals surface area contributed by atoms with E-state index in [1.54, 1.807) is 6.92 Å². The SMILES string of the molecule is CCOC(=O)c1c(NC(=O)CCc2c(C)nc3cc(C)nn3c2C)sc(C)c1C. The second-order valence-electron chi connectivity index (χ2n) is 7.07. The second-order valence-corrected chi connectivity index (χ2v) is 8.30. The van der Waals surface area contributed by atoms with Gasteiger partial charge < -0.3 is 10.1 Å². The highest BCUT2D eigenvalue weighted by Gasteiger charge is 2.22. The summed E-state index contributed by atoms with van der Waals surface area (Å²) in [4.78, 5) is 30.5. The molecular weight excluding hydrogens is 388 g/mol. The number of ether oxygens (including phenoxy) is 1. The topological polar surface area (TPSA) is 85.6 Å². The van der Waals surface area contributed by atoms with E-state index in [1.165, 1.54) is 11.3 Å². The molecule has 0 fully saturated rings. The van der Waals surface area contributed by atoms with Gasteiger partial charge in [-0.1, -0.05) is 0 Å². The molecule has 0 aliphatic rings. The molecule has 0 spiro atoms. The van der Waals surface area contributed by atoms with Gasteiger partial charge in [-0.25, -0.2) is 14.3 Å². The summed E-state index contributed by atoms with van der Waals surface area (Å²) in [7, 11) is 0. The van der Waals surface area contributed by atoms with Gasteiger partial charge in [0.2, 0.25) is 5.91 Å². The molecule has 7 nitrogen and oxygen atoms in total. The largest absolute Gasteiger partial charge is 0.462 e. The van der Waals surface area contributed by atoms with Crippen LogP contribution in [0.4, 0.5) is 5.00 Å². The Morgan fingerprint density at radius 1 is 1.21 bits per heavy atom. The summed E-state index contributed by atoms with van der Waals surface area (Å²) in [6.45, 7) is 11.7. The lowest BCUT2D eigenvalue weighted by Crippen LogP contribution is -2.16. The van der Waals surface area contributed by atoms with Crippen molar-refractivity contribution in [2.75, 3.05) is 11.9 Å². The summed E-state index contributed by atoms with van der Waals surface area (Å²) in [5, 5.41) is 7.92. The van der Waals surface area contributed by atoms with Crippen LogP contribution in [0.5, 0.6) is 0 Å². The minimum absolute atomic E-state index is 0.146. The summed E-state index contributed by atoms with van der Waals surface area (Å²) in [5.41, 5.74) is 5.92. The number of aromatic nitrogens is 3. The number of nitrogens with zero attached hydrogens (tertiary/aromatic N) is 3. The average molecular weight is 415 g/mol. The van der Waals surface area contributed by atoms with Crippen molar-refractivity contribution >= 4 is 33.9 Å². The highest BCUT2D eigenvalue weighted by molar-refractivity contribution is 7.16. The number of rotatable bonds is 6. The molecule has 0 atom stereocenters. The Hall–Kier alpha value is -2.74. The molecule has 3 aromatic rings. The number of thiophene rings is 1. The number of esters is 1. The van der Waals surface area contributed by atoms with Gasteiger partial charge in [-0.15, -0.1) is 11.3 Å². The molecule has 0 unspecified atom stereocenters. The van der Waals surface area contributed by atoms with Gasteiger partial charge in [0.25, 0.3) is 0 Å². The van der Waals surface area contributed by atoms with Gasteiger partial charge in [0.15, 0.2) is 5.65 Å². The number of hydrogen-bond donors (Lipinski definition) is 1. The van der Waals surface area contributed by atoms with E-state index in [1.807, 2.05) is 45.2 Å². The molecule has 0 saturated heterocycles. The predicted octanol–water partition coefficient (Wildman–Crippen LogP) is 4.08.